The van der Waals surface area contributed by atoms with E-state index in [2.05, 4.69) is 5.32 Å². The molecule has 1 atom stereocenters. The van der Waals surface area contributed by atoms with Crippen molar-refractivity contribution >= 4 is 11.8 Å². The van der Waals surface area contributed by atoms with E-state index in [-0.39, 0.29) is 25.0 Å². The maximum atomic E-state index is 13.8. The van der Waals surface area contributed by atoms with Gasteiger partial charge in [0, 0.05) is 13.1 Å². The minimum Gasteiger partial charge on any atom is -0.497 e. The first kappa shape index (κ1) is 28.2. The summed E-state index contributed by atoms with van der Waals surface area (Å²) in [6.45, 7) is 0.425. The summed E-state index contributed by atoms with van der Waals surface area (Å²) in [5.74, 6) is 1.51. The lowest BCUT2D eigenvalue weighted by Crippen LogP contribution is -2.45. The summed E-state index contributed by atoms with van der Waals surface area (Å²) in [6, 6.07) is 32.8. The molecule has 40 heavy (non-hydrogen) atoms. The van der Waals surface area contributed by atoms with E-state index >= 15 is 0 Å². The number of ether oxygens (including phenoxy) is 3. The zero-order valence-electron chi connectivity index (χ0n) is 22.8. The largest absolute Gasteiger partial charge is 0.497 e. The van der Waals surface area contributed by atoms with E-state index in [0.717, 1.165) is 16.9 Å². The molecule has 0 heterocycles. The molecule has 4 aromatic rings. The zero-order valence-corrected chi connectivity index (χ0v) is 22.8. The third-order valence-electron chi connectivity index (χ3n) is 6.49. The van der Waals surface area contributed by atoms with Crippen molar-refractivity contribution in [2.24, 2.45) is 0 Å². The molecule has 0 unspecified atom stereocenters. The number of nitrogens with zero attached hydrogens (tertiary/aromatic N) is 1. The van der Waals surface area contributed by atoms with Gasteiger partial charge >= 0.3 is 0 Å². The van der Waals surface area contributed by atoms with Gasteiger partial charge in [-0.25, -0.2) is 0 Å². The standard InChI is InChI=1S/C33H34N2O5/c1-38-28-17-13-25(14-18-28)21-22-34-33(37)32(27-9-5-3-6-10-27)35(23-26-15-19-29(39-2)20-16-26)31(36)24-40-30-11-7-4-8-12-30/h3-20,32H,21-24H2,1-2H3,(H,34,37)/t32-/m1/s1. The highest BCUT2D eigenvalue weighted by Crippen LogP contribution is 2.25. The SMILES string of the molecule is COc1ccc(CCNC(=O)[C@@H](c2ccccc2)N(Cc2ccc(OC)cc2)C(=O)COc2ccccc2)cc1. The maximum absolute atomic E-state index is 13.8. The predicted molar refractivity (Wildman–Crippen MR) is 154 cm³/mol. The summed E-state index contributed by atoms with van der Waals surface area (Å²) in [7, 11) is 3.23. The Labute approximate surface area is 235 Å². The lowest BCUT2D eigenvalue weighted by molar-refractivity contribution is -0.143. The second-order valence-electron chi connectivity index (χ2n) is 9.17. The second-order valence-corrected chi connectivity index (χ2v) is 9.17. The Balaban J connectivity index is 1.57. The minimum absolute atomic E-state index is 0.206. The van der Waals surface area contributed by atoms with Crippen LogP contribution in [0, 0.1) is 0 Å². The van der Waals surface area contributed by atoms with Gasteiger partial charge in [-0.3, -0.25) is 9.59 Å². The van der Waals surface area contributed by atoms with Gasteiger partial charge in [-0.15, -0.1) is 0 Å². The number of hydrogen-bond donors (Lipinski definition) is 1. The number of carbonyl (C=O) groups excluding carboxylic acids is 2. The van der Waals surface area contributed by atoms with Gasteiger partial charge in [0.1, 0.15) is 23.3 Å². The van der Waals surface area contributed by atoms with Crippen molar-refractivity contribution in [3.05, 3.63) is 126 Å². The lowest BCUT2D eigenvalue weighted by atomic mass is 10.0. The van der Waals surface area contributed by atoms with Crippen LogP contribution in [-0.4, -0.2) is 44.1 Å². The number of amides is 2. The molecule has 7 nitrogen and oxygen atoms in total. The highest BCUT2D eigenvalue weighted by atomic mass is 16.5. The van der Waals surface area contributed by atoms with Gasteiger partial charge in [-0.1, -0.05) is 72.8 Å². The van der Waals surface area contributed by atoms with E-state index in [1.807, 2.05) is 97.1 Å². The van der Waals surface area contributed by atoms with Gasteiger partial charge in [0.25, 0.3) is 5.91 Å². The molecule has 4 rings (SSSR count). The van der Waals surface area contributed by atoms with Crippen molar-refractivity contribution < 1.29 is 23.8 Å². The molecule has 0 bridgehead atoms. The molecular weight excluding hydrogens is 504 g/mol. The molecule has 0 saturated heterocycles. The summed E-state index contributed by atoms with van der Waals surface area (Å²) < 4.78 is 16.3. The molecule has 0 spiro atoms. The average molecular weight is 539 g/mol. The number of rotatable bonds is 13. The molecule has 0 saturated carbocycles. The van der Waals surface area contributed by atoms with Gasteiger partial charge in [-0.05, 0) is 59.5 Å². The summed E-state index contributed by atoms with van der Waals surface area (Å²) in [5, 5.41) is 3.05. The molecule has 2 amide bonds. The quantitative estimate of drug-likeness (QED) is 0.253. The number of nitrogens with one attached hydrogen (secondary N) is 1. The lowest BCUT2D eigenvalue weighted by Gasteiger charge is -2.31. The Morgan fingerprint density at radius 3 is 1.82 bits per heavy atom. The molecule has 4 aromatic carbocycles. The van der Waals surface area contributed by atoms with Gasteiger partial charge in [0.2, 0.25) is 5.91 Å². The fraction of sp³-hybridized carbons (Fsp3) is 0.212. The van der Waals surface area contributed by atoms with Gasteiger partial charge < -0.3 is 24.4 Å². The first-order valence-corrected chi connectivity index (χ1v) is 13.1. The van der Waals surface area contributed by atoms with Gasteiger partial charge in [-0.2, -0.15) is 0 Å². The van der Waals surface area contributed by atoms with E-state index in [9.17, 15) is 9.59 Å². The number of benzene rings is 4. The Morgan fingerprint density at radius 1 is 0.700 bits per heavy atom. The van der Waals surface area contributed by atoms with Crippen molar-refractivity contribution in [2.75, 3.05) is 27.4 Å². The molecule has 7 heteroatoms. The molecule has 0 aliphatic heterocycles. The van der Waals surface area contributed by atoms with E-state index in [1.165, 1.54) is 0 Å². The molecule has 0 aromatic heterocycles. The fourth-order valence-electron chi connectivity index (χ4n) is 4.32. The number of hydrogen-bond acceptors (Lipinski definition) is 5. The number of methoxy groups -OCH3 is 2. The van der Waals surface area contributed by atoms with Crippen LogP contribution in [0.2, 0.25) is 0 Å². The van der Waals surface area contributed by atoms with Crippen molar-refractivity contribution in [1.82, 2.24) is 10.2 Å². The Kier molecular flexibility index (Phi) is 10.2. The Hall–Kier alpha value is -4.78. The normalized spacial score (nSPS) is 11.2. The molecular formula is C33H34N2O5. The van der Waals surface area contributed by atoms with Crippen LogP contribution in [0.15, 0.2) is 109 Å². The monoisotopic (exact) mass is 538 g/mol. The fourth-order valence-corrected chi connectivity index (χ4v) is 4.32. The molecule has 0 aliphatic carbocycles. The molecule has 1 N–H and O–H groups in total. The van der Waals surface area contributed by atoms with Crippen molar-refractivity contribution in [3.8, 4) is 17.2 Å². The molecule has 0 aliphatic rings. The van der Waals surface area contributed by atoms with Crippen LogP contribution in [0.4, 0.5) is 0 Å². The number of para-hydroxylation sites is 1. The molecule has 0 fully saturated rings. The molecule has 206 valence electrons. The van der Waals surface area contributed by atoms with E-state index in [0.29, 0.717) is 30.0 Å². The highest BCUT2D eigenvalue weighted by molar-refractivity contribution is 5.89. The summed E-state index contributed by atoms with van der Waals surface area (Å²) in [5.41, 5.74) is 2.65. The topological polar surface area (TPSA) is 77.1 Å². The van der Waals surface area contributed by atoms with Crippen LogP contribution >= 0.6 is 0 Å². The van der Waals surface area contributed by atoms with Crippen LogP contribution in [0.1, 0.15) is 22.7 Å². The summed E-state index contributed by atoms with van der Waals surface area (Å²) in [4.78, 5) is 29.0. The van der Waals surface area contributed by atoms with Crippen LogP contribution in [0.5, 0.6) is 17.2 Å². The van der Waals surface area contributed by atoms with E-state index < -0.39 is 6.04 Å². The van der Waals surface area contributed by atoms with Crippen molar-refractivity contribution in [3.63, 3.8) is 0 Å². The Bertz CT molecular complexity index is 1340. The first-order chi connectivity index (χ1) is 19.6. The van der Waals surface area contributed by atoms with Crippen LogP contribution in [0.25, 0.3) is 0 Å². The van der Waals surface area contributed by atoms with Crippen molar-refractivity contribution in [2.45, 2.75) is 19.0 Å². The summed E-state index contributed by atoms with van der Waals surface area (Å²) in [6.07, 6.45) is 0.640. The first-order valence-electron chi connectivity index (χ1n) is 13.1. The second kappa shape index (κ2) is 14.4. The van der Waals surface area contributed by atoms with E-state index in [1.54, 1.807) is 31.3 Å². The van der Waals surface area contributed by atoms with Gasteiger partial charge in [0.05, 0.1) is 14.2 Å². The molecule has 0 radical (unpaired) electrons. The summed E-state index contributed by atoms with van der Waals surface area (Å²) >= 11 is 0. The number of carbonyl (C=O) groups is 2. The average Bonchev–Trinajstić information content (AvgIpc) is 3.01. The van der Waals surface area contributed by atoms with E-state index in [4.69, 9.17) is 14.2 Å². The van der Waals surface area contributed by atoms with Crippen molar-refractivity contribution in [1.29, 1.82) is 0 Å². The predicted octanol–water partition coefficient (Wildman–Crippen LogP) is 5.21. The zero-order chi connectivity index (χ0) is 28.2. The van der Waals surface area contributed by atoms with Crippen LogP contribution < -0.4 is 19.5 Å². The van der Waals surface area contributed by atoms with Gasteiger partial charge in [0.15, 0.2) is 6.61 Å². The maximum Gasteiger partial charge on any atom is 0.261 e. The van der Waals surface area contributed by atoms with Crippen LogP contribution in [0.3, 0.4) is 0 Å². The highest BCUT2D eigenvalue weighted by Gasteiger charge is 2.31. The minimum atomic E-state index is -0.856. The van der Waals surface area contributed by atoms with Crippen LogP contribution in [-0.2, 0) is 22.6 Å². The smallest absolute Gasteiger partial charge is 0.261 e. The third-order valence-corrected chi connectivity index (χ3v) is 6.49. The Morgan fingerprint density at radius 2 is 1.25 bits per heavy atom. The third kappa shape index (κ3) is 7.86.